The van der Waals surface area contributed by atoms with Crippen LogP contribution in [0.4, 0.5) is 0 Å². The zero-order valence-electron chi connectivity index (χ0n) is 12.3. The van der Waals surface area contributed by atoms with Gasteiger partial charge < -0.3 is 15.2 Å². The van der Waals surface area contributed by atoms with Gasteiger partial charge in [0.2, 0.25) is 11.8 Å². The van der Waals surface area contributed by atoms with Crippen molar-refractivity contribution in [2.24, 2.45) is 5.73 Å². The van der Waals surface area contributed by atoms with E-state index in [1.165, 1.54) is 0 Å². The van der Waals surface area contributed by atoms with Crippen molar-refractivity contribution >= 4 is 5.91 Å². The summed E-state index contributed by atoms with van der Waals surface area (Å²) in [6.45, 7) is 5.39. The number of aromatic nitrogens is 2. The number of amides is 1. The number of carbonyl (C=O) groups is 1. The maximum absolute atomic E-state index is 12.3. The lowest BCUT2D eigenvalue weighted by Crippen LogP contribution is -2.47. The molecule has 0 aromatic carbocycles. The standard InChI is InChI=1S/C14H24N4O2/c1-10(2)14-16-12(20-17-14)6-7-13(19)18-8-4-3-5-11(18)9-15/h10-11H,3-9,15H2,1-2H3. The van der Waals surface area contributed by atoms with Gasteiger partial charge in [0.15, 0.2) is 5.82 Å². The fourth-order valence-electron chi connectivity index (χ4n) is 2.54. The Morgan fingerprint density at radius 1 is 1.50 bits per heavy atom. The van der Waals surface area contributed by atoms with E-state index in [0.29, 0.717) is 31.1 Å². The highest BCUT2D eigenvalue weighted by Gasteiger charge is 2.25. The minimum atomic E-state index is 0.143. The van der Waals surface area contributed by atoms with Gasteiger partial charge in [-0.15, -0.1) is 0 Å². The van der Waals surface area contributed by atoms with E-state index in [1.807, 2.05) is 18.7 Å². The average Bonchev–Trinajstić information content (AvgIpc) is 2.94. The molecular weight excluding hydrogens is 256 g/mol. The predicted octanol–water partition coefficient (Wildman–Crippen LogP) is 1.47. The molecule has 1 aromatic rings. The first-order chi connectivity index (χ1) is 9.61. The molecule has 2 N–H and O–H groups in total. The molecule has 1 atom stereocenters. The molecular formula is C14H24N4O2. The summed E-state index contributed by atoms with van der Waals surface area (Å²) in [6, 6.07) is 0.199. The van der Waals surface area contributed by atoms with E-state index in [1.54, 1.807) is 0 Å². The number of aryl methyl sites for hydroxylation is 1. The van der Waals surface area contributed by atoms with E-state index in [0.717, 1.165) is 25.8 Å². The fraction of sp³-hybridized carbons (Fsp3) is 0.786. The van der Waals surface area contributed by atoms with Crippen LogP contribution >= 0.6 is 0 Å². The van der Waals surface area contributed by atoms with Crippen LogP contribution in [0.5, 0.6) is 0 Å². The van der Waals surface area contributed by atoms with Crippen molar-refractivity contribution in [3.05, 3.63) is 11.7 Å². The average molecular weight is 280 g/mol. The first-order valence-electron chi connectivity index (χ1n) is 7.43. The Balaban J connectivity index is 1.87. The third-order valence-electron chi connectivity index (χ3n) is 3.77. The zero-order chi connectivity index (χ0) is 14.5. The number of nitrogens with zero attached hydrogens (tertiary/aromatic N) is 3. The van der Waals surface area contributed by atoms with E-state index in [9.17, 15) is 4.79 Å². The lowest BCUT2D eigenvalue weighted by molar-refractivity contribution is -0.134. The SMILES string of the molecule is CC(C)c1noc(CCC(=O)N2CCCCC2CN)n1. The summed E-state index contributed by atoms with van der Waals surface area (Å²) in [4.78, 5) is 18.5. The van der Waals surface area contributed by atoms with Gasteiger partial charge in [-0.25, -0.2) is 0 Å². The summed E-state index contributed by atoms with van der Waals surface area (Å²) in [5, 5.41) is 3.91. The Kier molecular flexibility index (Phi) is 5.11. The first-order valence-corrected chi connectivity index (χ1v) is 7.43. The summed E-state index contributed by atoms with van der Waals surface area (Å²) in [5.74, 6) is 1.63. The number of rotatable bonds is 5. The highest BCUT2D eigenvalue weighted by atomic mass is 16.5. The van der Waals surface area contributed by atoms with Gasteiger partial charge in [-0.3, -0.25) is 4.79 Å². The second-order valence-corrected chi connectivity index (χ2v) is 5.67. The van der Waals surface area contributed by atoms with Crippen LogP contribution in [0.25, 0.3) is 0 Å². The fourth-order valence-corrected chi connectivity index (χ4v) is 2.54. The van der Waals surface area contributed by atoms with Gasteiger partial charge in [-0.2, -0.15) is 4.98 Å². The zero-order valence-corrected chi connectivity index (χ0v) is 12.3. The maximum atomic E-state index is 12.3. The molecule has 1 aliphatic rings. The van der Waals surface area contributed by atoms with Crippen molar-refractivity contribution in [1.29, 1.82) is 0 Å². The molecule has 1 saturated heterocycles. The molecule has 1 amide bonds. The molecule has 1 aromatic heterocycles. The van der Waals surface area contributed by atoms with Crippen molar-refractivity contribution in [3.63, 3.8) is 0 Å². The van der Waals surface area contributed by atoms with Crippen LogP contribution in [0.15, 0.2) is 4.52 Å². The lowest BCUT2D eigenvalue weighted by atomic mass is 10.0. The summed E-state index contributed by atoms with van der Waals surface area (Å²) in [5.41, 5.74) is 5.74. The quantitative estimate of drug-likeness (QED) is 0.882. The molecule has 1 aliphatic heterocycles. The summed E-state index contributed by atoms with van der Waals surface area (Å²) >= 11 is 0. The van der Waals surface area contributed by atoms with Gasteiger partial charge in [-0.05, 0) is 19.3 Å². The number of carbonyl (C=O) groups excluding carboxylic acids is 1. The maximum Gasteiger partial charge on any atom is 0.227 e. The predicted molar refractivity (Wildman–Crippen MR) is 75.1 cm³/mol. The Labute approximate surface area is 119 Å². The van der Waals surface area contributed by atoms with E-state index >= 15 is 0 Å². The van der Waals surface area contributed by atoms with E-state index in [2.05, 4.69) is 10.1 Å². The van der Waals surface area contributed by atoms with Gasteiger partial charge in [0.05, 0.1) is 0 Å². The van der Waals surface area contributed by atoms with Crippen LogP contribution in [0, 0.1) is 0 Å². The minimum Gasteiger partial charge on any atom is -0.339 e. The van der Waals surface area contributed by atoms with Crippen LogP contribution in [0.1, 0.15) is 57.2 Å². The van der Waals surface area contributed by atoms with Gasteiger partial charge in [0.1, 0.15) is 0 Å². The molecule has 6 nitrogen and oxygen atoms in total. The highest BCUT2D eigenvalue weighted by Crippen LogP contribution is 2.18. The second-order valence-electron chi connectivity index (χ2n) is 5.67. The summed E-state index contributed by atoms with van der Waals surface area (Å²) in [6.07, 6.45) is 4.16. The topological polar surface area (TPSA) is 85.2 Å². The largest absolute Gasteiger partial charge is 0.339 e. The summed E-state index contributed by atoms with van der Waals surface area (Å²) < 4.78 is 5.16. The molecule has 20 heavy (non-hydrogen) atoms. The number of hydrogen-bond acceptors (Lipinski definition) is 5. The van der Waals surface area contributed by atoms with Crippen LogP contribution in [-0.2, 0) is 11.2 Å². The molecule has 112 valence electrons. The van der Waals surface area contributed by atoms with Gasteiger partial charge in [0, 0.05) is 37.9 Å². The van der Waals surface area contributed by atoms with Crippen molar-refractivity contribution in [2.45, 2.75) is 57.9 Å². The monoisotopic (exact) mass is 280 g/mol. The van der Waals surface area contributed by atoms with Crippen LogP contribution in [0.3, 0.4) is 0 Å². The summed E-state index contributed by atoms with van der Waals surface area (Å²) in [7, 11) is 0. The molecule has 2 rings (SSSR count). The molecule has 0 radical (unpaired) electrons. The van der Waals surface area contributed by atoms with Crippen LogP contribution < -0.4 is 5.73 Å². The molecule has 0 bridgehead atoms. The van der Waals surface area contributed by atoms with Gasteiger partial charge in [-0.1, -0.05) is 19.0 Å². The molecule has 0 spiro atoms. The second kappa shape index (κ2) is 6.83. The smallest absolute Gasteiger partial charge is 0.227 e. The molecule has 0 saturated carbocycles. The van der Waals surface area contributed by atoms with E-state index < -0.39 is 0 Å². The van der Waals surface area contributed by atoms with Crippen molar-refractivity contribution in [1.82, 2.24) is 15.0 Å². The van der Waals surface area contributed by atoms with E-state index in [4.69, 9.17) is 10.3 Å². The normalized spacial score (nSPS) is 19.6. The third-order valence-corrected chi connectivity index (χ3v) is 3.77. The third kappa shape index (κ3) is 3.56. The lowest BCUT2D eigenvalue weighted by Gasteiger charge is -2.35. The number of piperidine rings is 1. The number of hydrogen-bond donors (Lipinski definition) is 1. The highest BCUT2D eigenvalue weighted by molar-refractivity contribution is 5.76. The molecule has 1 fully saturated rings. The number of nitrogens with two attached hydrogens (primary N) is 1. The Hall–Kier alpha value is -1.43. The Bertz CT molecular complexity index is 444. The first kappa shape index (κ1) is 15.0. The van der Waals surface area contributed by atoms with Crippen LogP contribution in [-0.4, -0.2) is 40.1 Å². The minimum absolute atomic E-state index is 0.143. The van der Waals surface area contributed by atoms with Crippen molar-refractivity contribution in [2.75, 3.05) is 13.1 Å². The van der Waals surface area contributed by atoms with Crippen molar-refractivity contribution < 1.29 is 9.32 Å². The number of likely N-dealkylation sites (tertiary alicyclic amines) is 1. The molecule has 1 unspecified atom stereocenters. The molecule has 6 heteroatoms. The Morgan fingerprint density at radius 2 is 2.30 bits per heavy atom. The van der Waals surface area contributed by atoms with E-state index in [-0.39, 0.29) is 17.9 Å². The molecule has 2 heterocycles. The molecule has 0 aliphatic carbocycles. The van der Waals surface area contributed by atoms with Gasteiger partial charge >= 0.3 is 0 Å². The Morgan fingerprint density at radius 3 is 2.95 bits per heavy atom. The van der Waals surface area contributed by atoms with Gasteiger partial charge in [0.25, 0.3) is 0 Å². The van der Waals surface area contributed by atoms with Crippen molar-refractivity contribution in [3.8, 4) is 0 Å². The van der Waals surface area contributed by atoms with Crippen LogP contribution in [0.2, 0.25) is 0 Å².